The quantitative estimate of drug-likeness (QED) is 0.903. The van der Waals surface area contributed by atoms with E-state index in [4.69, 9.17) is 16.3 Å². The Hall–Kier alpha value is -1.10. The molecule has 1 aromatic carbocycles. The SMILES string of the molecule is CO[C@H]1C[C@@H](C(=O)NCC2(c3ccc(Cl)cc3)CC2)N(C)C1. The van der Waals surface area contributed by atoms with Gasteiger partial charge in [-0.15, -0.1) is 0 Å². The number of nitrogens with one attached hydrogen (secondary N) is 1. The number of rotatable bonds is 5. The van der Waals surface area contributed by atoms with Gasteiger partial charge in [-0.2, -0.15) is 0 Å². The van der Waals surface area contributed by atoms with Gasteiger partial charge in [-0.3, -0.25) is 9.69 Å². The number of ether oxygens (including phenoxy) is 1. The number of nitrogens with zero attached hydrogens (tertiary/aromatic N) is 1. The zero-order valence-electron chi connectivity index (χ0n) is 13.1. The van der Waals surface area contributed by atoms with Crippen molar-refractivity contribution in [2.24, 2.45) is 0 Å². The van der Waals surface area contributed by atoms with Crippen LogP contribution in [0.25, 0.3) is 0 Å². The number of likely N-dealkylation sites (tertiary alicyclic amines) is 1. The van der Waals surface area contributed by atoms with Crippen molar-refractivity contribution in [3.8, 4) is 0 Å². The van der Waals surface area contributed by atoms with Crippen LogP contribution < -0.4 is 5.32 Å². The Balaban J connectivity index is 1.58. The molecule has 1 amide bonds. The number of amides is 1. The number of halogens is 1. The van der Waals surface area contributed by atoms with Gasteiger partial charge in [0.05, 0.1) is 12.1 Å². The van der Waals surface area contributed by atoms with E-state index in [1.54, 1.807) is 7.11 Å². The first-order chi connectivity index (χ1) is 10.5. The maximum atomic E-state index is 12.4. The maximum absolute atomic E-state index is 12.4. The normalized spacial score (nSPS) is 26.9. The van der Waals surface area contributed by atoms with Crippen LogP contribution in [-0.4, -0.2) is 50.2 Å². The summed E-state index contributed by atoms with van der Waals surface area (Å²) in [5.41, 5.74) is 1.38. The standard InChI is InChI=1S/C17H23ClN2O2/c1-20-10-14(22-2)9-15(20)16(21)19-11-17(7-8-17)12-3-5-13(18)6-4-12/h3-6,14-15H,7-11H2,1-2H3,(H,19,21)/t14-,15-/m0/s1. The molecule has 2 fully saturated rings. The molecule has 120 valence electrons. The first-order valence-corrected chi connectivity index (χ1v) is 8.19. The summed E-state index contributed by atoms with van der Waals surface area (Å²) in [6.07, 6.45) is 3.17. The number of carbonyl (C=O) groups is 1. The minimum atomic E-state index is -0.0778. The van der Waals surface area contributed by atoms with Gasteiger partial charge in [0.15, 0.2) is 0 Å². The first kappa shape index (κ1) is 15.8. The molecule has 22 heavy (non-hydrogen) atoms. The summed E-state index contributed by atoms with van der Waals surface area (Å²) in [7, 11) is 3.69. The number of hydrogen-bond acceptors (Lipinski definition) is 3. The van der Waals surface area contributed by atoms with Crippen molar-refractivity contribution in [2.45, 2.75) is 36.8 Å². The highest BCUT2D eigenvalue weighted by Crippen LogP contribution is 2.47. The molecule has 1 saturated heterocycles. The van der Waals surface area contributed by atoms with Crippen LogP contribution in [-0.2, 0) is 14.9 Å². The maximum Gasteiger partial charge on any atom is 0.237 e. The van der Waals surface area contributed by atoms with Gasteiger partial charge in [0.25, 0.3) is 0 Å². The molecule has 1 aliphatic carbocycles. The van der Waals surface area contributed by atoms with Gasteiger partial charge in [0.2, 0.25) is 5.91 Å². The van der Waals surface area contributed by atoms with Crippen molar-refractivity contribution in [1.29, 1.82) is 0 Å². The number of hydrogen-bond donors (Lipinski definition) is 1. The van der Waals surface area contributed by atoms with E-state index in [-0.39, 0.29) is 23.5 Å². The van der Waals surface area contributed by atoms with E-state index in [1.165, 1.54) is 5.56 Å². The second kappa shape index (κ2) is 6.19. The van der Waals surface area contributed by atoms with Gasteiger partial charge in [0.1, 0.15) is 0 Å². The van der Waals surface area contributed by atoms with E-state index >= 15 is 0 Å². The number of carbonyl (C=O) groups excluding carboxylic acids is 1. The third-order valence-electron chi connectivity index (χ3n) is 5.06. The molecule has 1 aliphatic heterocycles. The summed E-state index contributed by atoms with van der Waals surface area (Å²) in [6, 6.07) is 7.92. The van der Waals surface area contributed by atoms with E-state index in [0.29, 0.717) is 6.54 Å². The van der Waals surface area contributed by atoms with Crippen molar-refractivity contribution in [2.75, 3.05) is 27.2 Å². The molecule has 2 atom stereocenters. The van der Waals surface area contributed by atoms with E-state index in [9.17, 15) is 4.79 Å². The minimum Gasteiger partial charge on any atom is -0.380 e. The molecule has 2 aliphatic rings. The van der Waals surface area contributed by atoms with Crippen LogP contribution in [0.15, 0.2) is 24.3 Å². The lowest BCUT2D eigenvalue weighted by atomic mass is 9.96. The van der Waals surface area contributed by atoms with Crippen LogP contribution in [0.4, 0.5) is 0 Å². The molecule has 3 rings (SSSR count). The van der Waals surface area contributed by atoms with Crippen LogP contribution in [0, 0.1) is 0 Å². The van der Waals surface area contributed by atoms with E-state index < -0.39 is 0 Å². The van der Waals surface area contributed by atoms with Crippen molar-refractivity contribution in [1.82, 2.24) is 10.2 Å². The fraction of sp³-hybridized carbons (Fsp3) is 0.588. The minimum absolute atomic E-state index is 0.0778. The molecule has 0 unspecified atom stereocenters. The van der Waals surface area contributed by atoms with Crippen molar-refractivity contribution < 1.29 is 9.53 Å². The van der Waals surface area contributed by atoms with E-state index in [2.05, 4.69) is 22.3 Å². The molecule has 0 aromatic heterocycles. The molecular weight excluding hydrogens is 300 g/mol. The van der Waals surface area contributed by atoms with Crippen LogP contribution in [0.3, 0.4) is 0 Å². The van der Waals surface area contributed by atoms with Gasteiger partial charge in [-0.25, -0.2) is 0 Å². The van der Waals surface area contributed by atoms with Gasteiger partial charge >= 0.3 is 0 Å². The Labute approximate surface area is 136 Å². The zero-order valence-corrected chi connectivity index (χ0v) is 13.9. The Kier molecular flexibility index (Phi) is 4.44. The molecule has 5 heteroatoms. The van der Waals surface area contributed by atoms with Crippen molar-refractivity contribution in [3.63, 3.8) is 0 Å². The largest absolute Gasteiger partial charge is 0.380 e. The summed E-state index contributed by atoms with van der Waals surface area (Å²) >= 11 is 5.95. The molecule has 1 N–H and O–H groups in total. The molecule has 0 radical (unpaired) electrons. The van der Waals surface area contributed by atoms with Gasteiger partial charge in [-0.1, -0.05) is 23.7 Å². The predicted octanol–water partition coefficient (Wildman–Crippen LogP) is 2.21. The first-order valence-electron chi connectivity index (χ1n) is 7.81. The van der Waals surface area contributed by atoms with E-state index in [0.717, 1.165) is 30.8 Å². The average molecular weight is 323 g/mol. The van der Waals surface area contributed by atoms with Crippen LogP contribution in [0.2, 0.25) is 5.02 Å². The lowest BCUT2D eigenvalue weighted by Gasteiger charge is -2.21. The number of benzene rings is 1. The van der Waals surface area contributed by atoms with E-state index in [1.807, 2.05) is 19.2 Å². The average Bonchev–Trinajstić information content (AvgIpc) is 3.21. The van der Waals surface area contributed by atoms with Crippen molar-refractivity contribution in [3.05, 3.63) is 34.9 Å². The molecule has 0 bridgehead atoms. The van der Waals surface area contributed by atoms with Crippen LogP contribution >= 0.6 is 11.6 Å². The molecule has 1 heterocycles. The summed E-state index contributed by atoms with van der Waals surface area (Å²) in [6.45, 7) is 1.52. The highest BCUT2D eigenvalue weighted by atomic mass is 35.5. The number of methoxy groups -OCH3 is 1. The van der Waals surface area contributed by atoms with Crippen molar-refractivity contribution >= 4 is 17.5 Å². The molecule has 0 spiro atoms. The van der Waals surface area contributed by atoms with Crippen LogP contribution in [0.1, 0.15) is 24.8 Å². The highest BCUT2D eigenvalue weighted by molar-refractivity contribution is 6.30. The lowest BCUT2D eigenvalue weighted by molar-refractivity contribution is -0.125. The second-order valence-electron chi connectivity index (χ2n) is 6.55. The fourth-order valence-corrected chi connectivity index (χ4v) is 3.45. The molecule has 1 saturated carbocycles. The van der Waals surface area contributed by atoms with Gasteiger partial charge in [-0.05, 0) is 44.0 Å². The predicted molar refractivity (Wildman–Crippen MR) is 87.2 cm³/mol. The topological polar surface area (TPSA) is 41.6 Å². The summed E-state index contributed by atoms with van der Waals surface area (Å²) < 4.78 is 5.37. The summed E-state index contributed by atoms with van der Waals surface area (Å²) in [4.78, 5) is 14.5. The van der Waals surface area contributed by atoms with Gasteiger partial charge < -0.3 is 10.1 Å². The Morgan fingerprint density at radius 3 is 2.64 bits per heavy atom. The van der Waals surface area contributed by atoms with Gasteiger partial charge in [0, 0.05) is 30.6 Å². The van der Waals surface area contributed by atoms with Crippen LogP contribution in [0.5, 0.6) is 0 Å². The fourth-order valence-electron chi connectivity index (χ4n) is 3.33. The third-order valence-corrected chi connectivity index (χ3v) is 5.31. The Morgan fingerprint density at radius 2 is 2.09 bits per heavy atom. The monoisotopic (exact) mass is 322 g/mol. The highest BCUT2D eigenvalue weighted by Gasteiger charge is 2.45. The second-order valence-corrected chi connectivity index (χ2v) is 6.99. The molecular formula is C17H23ClN2O2. The summed E-state index contributed by atoms with van der Waals surface area (Å²) in [5, 5.41) is 3.90. The number of likely N-dealkylation sites (N-methyl/N-ethyl adjacent to an activating group) is 1. The zero-order chi connectivity index (χ0) is 15.7. The third kappa shape index (κ3) is 3.14. The summed E-state index contributed by atoms with van der Waals surface area (Å²) in [5.74, 6) is 0.113. The lowest BCUT2D eigenvalue weighted by Crippen LogP contribution is -2.44. The smallest absolute Gasteiger partial charge is 0.237 e. The molecule has 4 nitrogen and oxygen atoms in total. The Bertz CT molecular complexity index is 542. The molecule has 1 aromatic rings. The Morgan fingerprint density at radius 1 is 1.41 bits per heavy atom.